The number of carboxylic acids is 1. The summed E-state index contributed by atoms with van der Waals surface area (Å²) in [6, 6.07) is 9.00. The van der Waals surface area contributed by atoms with Crippen molar-refractivity contribution in [3.63, 3.8) is 0 Å². The average Bonchev–Trinajstić information content (AvgIpc) is 3.05. The number of carboxylic acid groups (broad SMARTS) is 1. The van der Waals surface area contributed by atoms with E-state index in [1.807, 2.05) is 6.07 Å². The highest BCUT2D eigenvalue weighted by molar-refractivity contribution is 5.92. The highest BCUT2D eigenvalue weighted by Crippen LogP contribution is 2.47. The molecule has 2 aliphatic heterocycles. The lowest BCUT2D eigenvalue weighted by atomic mass is 9.84. The predicted molar refractivity (Wildman–Crippen MR) is 103 cm³/mol. The summed E-state index contributed by atoms with van der Waals surface area (Å²) in [5.74, 6) is -0.514. The number of hydrogen-bond donors (Lipinski definition) is 3. The molecule has 1 saturated heterocycles. The van der Waals surface area contributed by atoms with Crippen molar-refractivity contribution >= 4 is 17.6 Å². The van der Waals surface area contributed by atoms with E-state index in [2.05, 4.69) is 10.3 Å². The predicted octanol–water partition coefficient (Wildman–Crippen LogP) is 1.73. The molecule has 1 aromatic heterocycles. The average molecular weight is 398 g/mol. The number of aliphatic hydroxyl groups is 1. The number of fused-ring (bicyclic) bond motifs is 3. The van der Waals surface area contributed by atoms with E-state index >= 15 is 0 Å². The lowest BCUT2D eigenvalue weighted by molar-refractivity contribution is -0.153. The topological polar surface area (TPSA) is 118 Å². The molecule has 8 nitrogen and oxygen atoms in total. The Morgan fingerprint density at radius 1 is 1.21 bits per heavy atom. The molecule has 4 rings (SSSR count). The maximum absolute atomic E-state index is 12.4. The standard InChI is InChI=1S/C21H22N2O6/c24-11-18-21-16(9-14(28-18)10-20(26)27)15-8-13(1-2-17(15)29-21)23-19(25)7-12-3-5-22-6-4-12/h1-6,8,14,16,18,21,24H,7,9-11H2,(H,23,25)(H,26,27)/t14-,16+,18+,21-/m1/s1. The summed E-state index contributed by atoms with van der Waals surface area (Å²) in [6.45, 7) is -0.249. The molecule has 152 valence electrons. The molecule has 1 fully saturated rings. The van der Waals surface area contributed by atoms with Crippen LogP contribution < -0.4 is 10.1 Å². The lowest BCUT2D eigenvalue weighted by Crippen LogP contribution is -2.46. The Bertz CT molecular complexity index is 903. The highest BCUT2D eigenvalue weighted by Gasteiger charge is 2.46. The zero-order valence-corrected chi connectivity index (χ0v) is 15.7. The Labute approximate surface area is 167 Å². The van der Waals surface area contributed by atoms with Crippen molar-refractivity contribution < 1.29 is 29.3 Å². The molecule has 29 heavy (non-hydrogen) atoms. The van der Waals surface area contributed by atoms with E-state index < -0.39 is 18.2 Å². The number of ether oxygens (including phenoxy) is 2. The van der Waals surface area contributed by atoms with E-state index in [1.54, 1.807) is 36.7 Å². The van der Waals surface area contributed by atoms with Crippen LogP contribution >= 0.6 is 0 Å². The first kappa shape index (κ1) is 19.4. The van der Waals surface area contributed by atoms with E-state index in [0.29, 0.717) is 17.9 Å². The molecule has 4 atom stereocenters. The van der Waals surface area contributed by atoms with Gasteiger partial charge in [0.2, 0.25) is 5.91 Å². The van der Waals surface area contributed by atoms with Crippen LogP contribution in [0.25, 0.3) is 0 Å². The Kier molecular flexibility index (Phi) is 5.46. The number of carbonyl (C=O) groups is 2. The van der Waals surface area contributed by atoms with Gasteiger partial charge in [-0.1, -0.05) is 0 Å². The number of benzene rings is 1. The van der Waals surface area contributed by atoms with Crippen LogP contribution in [0, 0.1) is 0 Å². The molecule has 2 aromatic rings. The van der Waals surface area contributed by atoms with Gasteiger partial charge in [-0.05, 0) is 42.3 Å². The maximum atomic E-state index is 12.4. The van der Waals surface area contributed by atoms with Gasteiger partial charge in [-0.15, -0.1) is 0 Å². The summed E-state index contributed by atoms with van der Waals surface area (Å²) >= 11 is 0. The number of amides is 1. The van der Waals surface area contributed by atoms with Crippen LogP contribution in [-0.2, 0) is 20.7 Å². The van der Waals surface area contributed by atoms with Crippen molar-refractivity contribution in [1.29, 1.82) is 0 Å². The van der Waals surface area contributed by atoms with E-state index in [0.717, 1.165) is 11.1 Å². The van der Waals surface area contributed by atoms with Gasteiger partial charge in [0.1, 0.15) is 18.0 Å². The van der Waals surface area contributed by atoms with Crippen LogP contribution in [-0.4, -0.2) is 52.0 Å². The zero-order valence-electron chi connectivity index (χ0n) is 15.7. The number of rotatable bonds is 6. The Morgan fingerprint density at radius 2 is 2.00 bits per heavy atom. The molecular formula is C21H22N2O6. The number of aliphatic hydroxyl groups excluding tert-OH is 1. The second kappa shape index (κ2) is 8.18. The summed E-state index contributed by atoms with van der Waals surface area (Å²) in [5, 5.41) is 21.7. The van der Waals surface area contributed by atoms with E-state index in [1.165, 1.54) is 0 Å². The fourth-order valence-electron chi connectivity index (χ4n) is 4.05. The summed E-state index contributed by atoms with van der Waals surface area (Å²) in [6.07, 6.45) is 2.43. The lowest BCUT2D eigenvalue weighted by Gasteiger charge is -2.36. The van der Waals surface area contributed by atoms with E-state index in [4.69, 9.17) is 14.6 Å². The van der Waals surface area contributed by atoms with Gasteiger partial charge in [0, 0.05) is 29.6 Å². The molecule has 0 bridgehead atoms. The van der Waals surface area contributed by atoms with Crippen molar-refractivity contribution in [2.45, 2.75) is 43.5 Å². The highest BCUT2D eigenvalue weighted by atomic mass is 16.6. The van der Waals surface area contributed by atoms with Crippen molar-refractivity contribution in [2.75, 3.05) is 11.9 Å². The molecule has 0 saturated carbocycles. The van der Waals surface area contributed by atoms with Crippen LogP contribution in [0.1, 0.15) is 29.9 Å². The van der Waals surface area contributed by atoms with Crippen LogP contribution in [0.3, 0.4) is 0 Å². The normalized spacial score (nSPS) is 24.9. The minimum absolute atomic E-state index is 0.0997. The third-order valence-electron chi connectivity index (χ3n) is 5.30. The zero-order chi connectivity index (χ0) is 20.4. The van der Waals surface area contributed by atoms with Gasteiger partial charge in [-0.3, -0.25) is 14.6 Å². The third kappa shape index (κ3) is 4.23. The molecule has 0 spiro atoms. The second-order valence-corrected chi connectivity index (χ2v) is 7.33. The molecular weight excluding hydrogens is 376 g/mol. The van der Waals surface area contributed by atoms with Crippen LogP contribution in [0.4, 0.5) is 5.69 Å². The number of nitrogens with one attached hydrogen (secondary N) is 1. The fraction of sp³-hybridized carbons (Fsp3) is 0.381. The second-order valence-electron chi connectivity index (χ2n) is 7.33. The Morgan fingerprint density at radius 3 is 2.72 bits per heavy atom. The number of aliphatic carboxylic acids is 1. The number of anilines is 1. The van der Waals surface area contributed by atoms with Crippen LogP contribution in [0.5, 0.6) is 5.75 Å². The summed E-state index contributed by atoms with van der Waals surface area (Å²) in [4.78, 5) is 27.4. The quantitative estimate of drug-likeness (QED) is 0.678. The molecule has 0 unspecified atom stereocenters. The van der Waals surface area contributed by atoms with Crippen molar-refractivity contribution in [1.82, 2.24) is 4.98 Å². The fourth-order valence-corrected chi connectivity index (χ4v) is 4.05. The Balaban J connectivity index is 1.50. The molecule has 0 radical (unpaired) electrons. The van der Waals surface area contributed by atoms with Crippen molar-refractivity contribution in [3.8, 4) is 5.75 Å². The van der Waals surface area contributed by atoms with E-state index in [9.17, 15) is 14.7 Å². The largest absolute Gasteiger partial charge is 0.487 e. The van der Waals surface area contributed by atoms with Gasteiger partial charge in [-0.2, -0.15) is 0 Å². The van der Waals surface area contributed by atoms with Crippen LogP contribution in [0.15, 0.2) is 42.7 Å². The number of pyridine rings is 1. The molecule has 3 heterocycles. The molecule has 0 aliphatic carbocycles. The number of carbonyl (C=O) groups excluding carboxylic acids is 1. The van der Waals surface area contributed by atoms with Gasteiger partial charge in [-0.25, -0.2) is 0 Å². The van der Waals surface area contributed by atoms with Gasteiger partial charge in [0.05, 0.1) is 25.6 Å². The molecule has 1 aromatic carbocycles. The summed E-state index contributed by atoms with van der Waals surface area (Å²) < 4.78 is 11.7. The maximum Gasteiger partial charge on any atom is 0.305 e. The summed E-state index contributed by atoms with van der Waals surface area (Å²) in [5.41, 5.74) is 2.41. The van der Waals surface area contributed by atoms with Crippen LogP contribution in [0.2, 0.25) is 0 Å². The molecule has 1 amide bonds. The van der Waals surface area contributed by atoms with Gasteiger partial charge in [0.25, 0.3) is 0 Å². The smallest absolute Gasteiger partial charge is 0.305 e. The van der Waals surface area contributed by atoms with Gasteiger partial charge >= 0.3 is 5.97 Å². The number of aromatic nitrogens is 1. The first-order valence-corrected chi connectivity index (χ1v) is 9.51. The van der Waals surface area contributed by atoms with E-state index in [-0.39, 0.29) is 37.4 Å². The first-order valence-electron chi connectivity index (χ1n) is 9.51. The number of nitrogens with zero attached hydrogens (tertiary/aromatic N) is 1. The van der Waals surface area contributed by atoms with Crippen molar-refractivity contribution in [2.24, 2.45) is 0 Å². The van der Waals surface area contributed by atoms with Crippen molar-refractivity contribution in [3.05, 3.63) is 53.9 Å². The molecule has 8 heteroatoms. The minimum Gasteiger partial charge on any atom is -0.487 e. The third-order valence-corrected chi connectivity index (χ3v) is 5.30. The van der Waals surface area contributed by atoms with Gasteiger partial charge < -0.3 is 25.0 Å². The number of hydrogen-bond acceptors (Lipinski definition) is 6. The molecule has 3 N–H and O–H groups in total. The minimum atomic E-state index is -0.943. The molecule has 2 aliphatic rings. The monoisotopic (exact) mass is 398 g/mol. The summed E-state index contributed by atoms with van der Waals surface area (Å²) in [7, 11) is 0. The SMILES string of the molecule is O=C(O)C[C@H]1C[C@H]2c3cc(NC(=O)Cc4ccncc4)ccc3O[C@H]2[C@H](CO)O1. The van der Waals surface area contributed by atoms with Gasteiger partial charge in [0.15, 0.2) is 0 Å². The Hall–Kier alpha value is -2.97. The first-order chi connectivity index (χ1) is 14.0.